The van der Waals surface area contributed by atoms with E-state index < -0.39 is 0 Å². The number of hydrogen-bond acceptors (Lipinski definition) is 5. The molecule has 0 saturated heterocycles. The van der Waals surface area contributed by atoms with Crippen molar-refractivity contribution in [1.29, 1.82) is 0 Å². The van der Waals surface area contributed by atoms with Crippen molar-refractivity contribution in [2.75, 3.05) is 25.4 Å². The third-order valence-corrected chi connectivity index (χ3v) is 5.43. The molecule has 3 rings (SSSR count). The predicted octanol–water partition coefficient (Wildman–Crippen LogP) is 4.29. The number of aromatic nitrogens is 3. The number of thioether (sulfide) groups is 1. The Morgan fingerprint density at radius 2 is 1.69 bits per heavy atom. The molecule has 0 unspecified atom stereocenters. The lowest BCUT2D eigenvalue weighted by Gasteiger charge is -2.18. The first kappa shape index (κ1) is 20.9. The van der Waals surface area contributed by atoms with Gasteiger partial charge in [-0.2, -0.15) is 0 Å². The van der Waals surface area contributed by atoms with Crippen LogP contribution in [0, 0.1) is 0 Å². The summed E-state index contributed by atoms with van der Waals surface area (Å²) in [4.78, 5) is 14.3. The average molecular weight is 411 g/mol. The minimum atomic E-state index is 0.0995. The molecule has 0 fully saturated rings. The number of carbonyl (C=O) groups is 1. The molecule has 3 aromatic rings. The first-order valence-corrected chi connectivity index (χ1v) is 10.8. The van der Waals surface area contributed by atoms with E-state index in [-0.39, 0.29) is 5.91 Å². The van der Waals surface area contributed by atoms with Crippen LogP contribution in [0.3, 0.4) is 0 Å². The van der Waals surface area contributed by atoms with Crippen LogP contribution in [0.1, 0.15) is 20.8 Å². The van der Waals surface area contributed by atoms with Gasteiger partial charge in [0.2, 0.25) is 5.91 Å². The molecule has 0 aliphatic heterocycles. The molecule has 2 aromatic carbocycles. The van der Waals surface area contributed by atoms with Gasteiger partial charge in [-0.05, 0) is 45.0 Å². The van der Waals surface area contributed by atoms with Crippen LogP contribution in [0.4, 0.5) is 0 Å². The number of benzene rings is 2. The zero-order chi connectivity index (χ0) is 20.6. The van der Waals surface area contributed by atoms with Crippen LogP contribution in [0.5, 0.6) is 5.75 Å². The van der Waals surface area contributed by atoms with Gasteiger partial charge in [0.15, 0.2) is 11.0 Å². The molecule has 1 aromatic heterocycles. The van der Waals surface area contributed by atoms with Gasteiger partial charge in [0.25, 0.3) is 0 Å². The first-order chi connectivity index (χ1) is 14.2. The molecule has 7 heteroatoms. The van der Waals surface area contributed by atoms with Gasteiger partial charge in [0.1, 0.15) is 5.75 Å². The summed E-state index contributed by atoms with van der Waals surface area (Å²) in [5.74, 6) is 1.98. The Kier molecular flexibility index (Phi) is 7.30. The van der Waals surface area contributed by atoms with Crippen LogP contribution in [0.2, 0.25) is 0 Å². The number of rotatable bonds is 9. The second-order valence-corrected chi connectivity index (χ2v) is 7.23. The lowest BCUT2D eigenvalue weighted by molar-refractivity contribution is -0.127. The molecule has 0 aliphatic rings. The maximum Gasteiger partial charge on any atom is 0.233 e. The maximum atomic E-state index is 12.5. The van der Waals surface area contributed by atoms with E-state index in [4.69, 9.17) is 4.74 Å². The fraction of sp³-hybridized carbons (Fsp3) is 0.318. The molecular formula is C22H26N4O2S. The average Bonchev–Trinajstić information content (AvgIpc) is 3.18. The lowest BCUT2D eigenvalue weighted by atomic mass is 10.2. The molecule has 0 N–H and O–H groups in total. The second kappa shape index (κ2) is 10.1. The molecule has 0 bridgehead atoms. The highest BCUT2D eigenvalue weighted by atomic mass is 32.2. The Balaban J connectivity index is 1.94. The quantitative estimate of drug-likeness (QED) is 0.493. The molecule has 1 heterocycles. The van der Waals surface area contributed by atoms with Crippen molar-refractivity contribution in [1.82, 2.24) is 19.7 Å². The zero-order valence-corrected chi connectivity index (χ0v) is 17.9. The Bertz CT molecular complexity index is 922. The Morgan fingerprint density at radius 1 is 1.00 bits per heavy atom. The van der Waals surface area contributed by atoms with Crippen molar-refractivity contribution in [2.45, 2.75) is 25.9 Å². The summed E-state index contributed by atoms with van der Waals surface area (Å²) in [5.41, 5.74) is 1.89. The summed E-state index contributed by atoms with van der Waals surface area (Å²) in [6.45, 7) is 7.97. The number of hydrogen-bond donors (Lipinski definition) is 0. The van der Waals surface area contributed by atoms with Crippen molar-refractivity contribution < 1.29 is 9.53 Å². The zero-order valence-electron chi connectivity index (χ0n) is 17.0. The third kappa shape index (κ3) is 4.98. The van der Waals surface area contributed by atoms with Gasteiger partial charge in [-0.1, -0.05) is 42.1 Å². The van der Waals surface area contributed by atoms with E-state index in [9.17, 15) is 4.79 Å². The summed E-state index contributed by atoms with van der Waals surface area (Å²) in [6, 6.07) is 17.8. The van der Waals surface area contributed by atoms with Crippen molar-refractivity contribution in [3.05, 3.63) is 54.6 Å². The minimum Gasteiger partial charge on any atom is -0.494 e. The van der Waals surface area contributed by atoms with E-state index in [2.05, 4.69) is 10.2 Å². The molecule has 6 nitrogen and oxygen atoms in total. The maximum absolute atomic E-state index is 12.5. The summed E-state index contributed by atoms with van der Waals surface area (Å²) in [7, 11) is 0. The van der Waals surface area contributed by atoms with Crippen molar-refractivity contribution in [2.24, 2.45) is 0 Å². The largest absolute Gasteiger partial charge is 0.494 e. The van der Waals surface area contributed by atoms with Gasteiger partial charge >= 0.3 is 0 Å². The monoisotopic (exact) mass is 410 g/mol. The van der Waals surface area contributed by atoms with Crippen LogP contribution in [0.15, 0.2) is 59.8 Å². The third-order valence-electron chi connectivity index (χ3n) is 4.51. The van der Waals surface area contributed by atoms with E-state index in [1.54, 1.807) is 0 Å². The van der Waals surface area contributed by atoms with Gasteiger partial charge in [-0.15, -0.1) is 10.2 Å². The minimum absolute atomic E-state index is 0.0995. The van der Waals surface area contributed by atoms with Crippen molar-refractivity contribution in [3.63, 3.8) is 0 Å². The van der Waals surface area contributed by atoms with E-state index >= 15 is 0 Å². The number of ether oxygens (including phenoxy) is 1. The standard InChI is InChI=1S/C22H26N4O2S/c1-4-25(5-2)20(27)16-29-22-24-23-21(17-10-8-7-9-11-17)26(22)18-12-14-19(15-13-18)28-6-3/h7-15H,4-6,16H2,1-3H3. The SMILES string of the molecule is CCOc1ccc(-n2c(SCC(=O)N(CC)CC)nnc2-c2ccccc2)cc1. The fourth-order valence-electron chi connectivity index (χ4n) is 3.02. The fourth-order valence-corrected chi connectivity index (χ4v) is 3.88. The van der Waals surface area contributed by atoms with Gasteiger partial charge < -0.3 is 9.64 Å². The van der Waals surface area contributed by atoms with E-state index in [0.29, 0.717) is 30.6 Å². The highest BCUT2D eigenvalue weighted by molar-refractivity contribution is 7.99. The molecule has 152 valence electrons. The van der Waals surface area contributed by atoms with E-state index in [1.807, 2.05) is 84.8 Å². The summed E-state index contributed by atoms with van der Waals surface area (Å²) in [6.07, 6.45) is 0. The second-order valence-electron chi connectivity index (χ2n) is 6.29. The van der Waals surface area contributed by atoms with Gasteiger partial charge in [-0.3, -0.25) is 9.36 Å². The van der Waals surface area contributed by atoms with E-state index in [0.717, 1.165) is 22.8 Å². The van der Waals surface area contributed by atoms with Crippen LogP contribution in [-0.2, 0) is 4.79 Å². The number of amides is 1. The summed E-state index contributed by atoms with van der Waals surface area (Å²) >= 11 is 1.41. The Labute approximate surface area is 175 Å². The summed E-state index contributed by atoms with van der Waals surface area (Å²) < 4.78 is 7.55. The Morgan fingerprint density at radius 3 is 2.31 bits per heavy atom. The smallest absolute Gasteiger partial charge is 0.233 e. The van der Waals surface area contributed by atoms with Gasteiger partial charge in [-0.25, -0.2) is 0 Å². The highest BCUT2D eigenvalue weighted by Gasteiger charge is 2.18. The topological polar surface area (TPSA) is 60.2 Å². The number of carbonyl (C=O) groups excluding carboxylic acids is 1. The molecule has 29 heavy (non-hydrogen) atoms. The summed E-state index contributed by atoms with van der Waals surface area (Å²) in [5, 5.41) is 9.49. The molecule has 0 spiro atoms. The van der Waals surface area contributed by atoms with Crippen molar-refractivity contribution in [3.8, 4) is 22.8 Å². The molecular weight excluding hydrogens is 384 g/mol. The molecule has 1 amide bonds. The first-order valence-electron chi connectivity index (χ1n) is 9.82. The van der Waals surface area contributed by atoms with Gasteiger partial charge in [0.05, 0.1) is 12.4 Å². The van der Waals surface area contributed by atoms with E-state index in [1.165, 1.54) is 11.8 Å². The molecule has 0 atom stereocenters. The van der Waals surface area contributed by atoms with Crippen LogP contribution in [-0.4, -0.2) is 51.0 Å². The predicted molar refractivity (Wildman–Crippen MR) is 117 cm³/mol. The van der Waals surface area contributed by atoms with Crippen LogP contribution >= 0.6 is 11.8 Å². The molecule has 0 radical (unpaired) electrons. The van der Waals surface area contributed by atoms with Crippen LogP contribution in [0.25, 0.3) is 17.1 Å². The Hall–Kier alpha value is -2.80. The number of nitrogens with zero attached hydrogens (tertiary/aromatic N) is 4. The molecule has 0 saturated carbocycles. The normalized spacial score (nSPS) is 10.7. The van der Waals surface area contributed by atoms with Crippen LogP contribution < -0.4 is 4.74 Å². The van der Waals surface area contributed by atoms with Crippen molar-refractivity contribution >= 4 is 17.7 Å². The highest BCUT2D eigenvalue weighted by Crippen LogP contribution is 2.29. The van der Waals surface area contributed by atoms with Gasteiger partial charge in [0, 0.05) is 24.3 Å². The molecule has 0 aliphatic carbocycles. The lowest BCUT2D eigenvalue weighted by Crippen LogP contribution is -2.31.